The smallest absolute Gasteiger partial charge is 0.410 e. The fraction of sp³-hybridized carbons (Fsp3) is 0.714. The van der Waals surface area contributed by atoms with Crippen LogP contribution in [0.25, 0.3) is 0 Å². The lowest BCUT2D eigenvalue weighted by Crippen LogP contribution is -2.42. The van der Waals surface area contributed by atoms with Crippen LogP contribution >= 0.6 is 0 Å². The molecule has 0 aliphatic carbocycles. The number of rotatable bonds is 2. The number of hydrogen-bond donors (Lipinski definition) is 0. The number of ether oxygens (including phenoxy) is 1. The van der Waals surface area contributed by atoms with Crippen LogP contribution < -0.4 is 0 Å². The number of nitro groups is 1. The lowest BCUT2D eigenvalue weighted by molar-refractivity contribution is -0.390. The highest BCUT2D eigenvalue weighted by molar-refractivity contribution is 5.68. The third-order valence-corrected chi connectivity index (χ3v) is 3.55. The molecule has 1 aromatic rings. The monoisotopic (exact) mass is 310 g/mol. The van der Waals surface area contributed by atoms with E-state index in [4.69, 9.17) is 4.74 Å². The summed E-state index contributed by atoms with van der Waals surface area (Å²) in [6, 6.07) is 0.0751. The Morgan fingerprint density at radius 1 is 1.41 bits per heavy atom. The van der Waals surface area contributed by atoms with Crippen molar-refractivity contribution in [1.29, 1.82) is 0 Å². The van der Waals surface area contributed by atoms with Gasteiger partial charge in [0, 0.05) is 13.1 Å². The van der Waals surface area contributed by atoms with Crippen LogP contribution in [0.15, 0.2) is 6.20 Å². The molecule has 0 radical (unpaired) electrons. The molecule has 2 rings (SSSR count). The van der Waals surface area contributed by atoms with Gasteiger partial charge in [0.1, 0.15) is 5.60 Å². The van der Waals surface area contributed by atoms with Crippen LogP contribution in [0.3, 0.4) is 0 Å². The summed E-state index contributed by atoms with van der Waals surface area (Å²) in [5.74, 6) is -0.102. The molecule has 0 saturated carbocycles. The van der Waals surface area contributed by atoms with Crippen molar-refractivity contribution in [2.75, 3.05) is 13.1 Å². The van der Waals surface area contributed by atoms with E-state index in [-0.39, 0.29) is 18.0 Å². The molecule has 1 aliphatic heterocycles. The van der Waals surface area contributed by atoms with E-state index >= 15 is 0 Å². The fourth-order valence-corrected chi connectivity index (χ4v) is 2.48. The first-order chi connectivity index (χ1) is 10.2. The molecule has 8 heteroatoms. The zero-order chi connectivity index (χ0) is 16.5. The average molecular weight is 310 g/mol. The van der Waals surface area contributed by atoms with Crippen molar-refractivity contribution < 1.29 is 14.5 Å². The molecule has 22 heavy (non-hydrogen) atoms. The van der Waals surface area contributed by atoms with Crippen LogP contribution in [0.4, 0.5) is 10.6 Å². The maximum Gasteiger partial charge on any atom is 0.410 e. The van der Waals surface area contributed by atoms with Crippen molar-refractivity contribution in [3.63, 3.8) is 0 Å². The molecule has 0 aromatic carbocycles. The molecular weight excluding hydrogens is 288 g/mol. The van der Waals surface area contributed by atoms with Gasteiger partial charge >= 0.3 is 11.9 Å². The molecule has 122 valence electrons. The highest BCUT2D eigenvalue weighted by atomic mass is 16.6. The zero-order valence-corrected chi connectivity index (χ0v) is 13.4. The first-order valence-corrected chi connectivity index (χ1v) is 7.35. The van der Waals surface area contributed by atoms with Crippen LogP contribution in [0.1, 0.15) is 45.2 Å². The highest BCUT2D eigenvalue weighted by Gasteiger charge is 2.30. The van der Waals surface area contributed by atoms with Crippen LogP contribution in [-0.4, -0.2) is 44.4 Å². The summed E-state index contributed by atoms with van der Waals surface area (Å²) in [4.78, 5) is 24.1. The largest absolute Gasteiger partial charge is 0.444 e. The van der Waals surface area contributed by atoms with Crippen LogP contribution in [0, 0.1) is 17.0 Å². The van der Waals surface area contributed by atoms with Crippen LogP contribution in [0.5, 0.6) is 0 Å². The molecule has 1 fully saturated rings. The minimum Gasteiger partial charge on any atom is -0.444 e. The Hall–Kier alpha value is -2.12. The maximum absolute atomic E-state index is 12.0. The fourth-order valence-electron chi connectivity index (χ4n) is 2.48. The van der Waals surface area contributed by atoms with Gasteiger partial charge in [-0.3, -0.25) is 0 Å². The molecule has 1 saturated heterocycles. The van der Waals surface area contributed by atoms with Gasteiger partial charge in [0.25, 0.3) is 0 Å². The molecule has 1 aromatic heterocycles. The van der Waals surface area contributed by atoms with Crippen molar-refractivity contribution in [3.05, 3.63) is 21.9 Å². The van der Waals surface area contributed by atoms with E-state index in [0.717, 1.165) is 0 Å². The van der Waals surface area contributed by atoms with Crippen LogP contribution in [0.2, 0.25) is 0 Å². The molecular formula is C14H22N4O4. The van der Waals surface area contributed by atoms with Crippen molar-refractivity contribution in [2.45, 2.75) is 52.2 Å². The summed E-state index contributed by atoms with van der Waals surface area (Å²) in [7, 11) is 0. The number of carbonyl (C=O) groups excluding carboxylic acids is 1. The van der Waals surface area contributed by atoms with Gasteiger partial charge in [-0.05, 0) is 45.5 Å². The van der Waals surface area contributed by atoms with Crippen molar-refractivity contribution in [2.24, 2.45) is 0 Å². The Kier molecular flexibility index (Phi) is 4.39. The Morgan fingerprint density at radius 2 is 2.00 bits per heavy atom. The normalized spacial score (nSPS) is 16.6. The van der Waals surface area contributed by atoms with Gasteiger partial charge in [0.05, 0.1) is 22.9 Å². The van der Waals surface area contributed by atoms with Crippen molar-refractivity contribution in [1.82, 2.24) is 14.7 Å². The Bertz CT molecular complexity index is 568. The number of hydrogen-bond acceptors (Lipinski definition) is 5. The van der Waals surface area contributed by atoms with E-state index in [0.29, 0.717) is 31.5 Å². The minimum absolute atomic E-state index is 0.0751. The minimum atomic E-state index is -0.506. The summed E-state index contributed by atoms with van der Waals surface area (Å²) >= 11 is 0. The second kappa shape index (κ2) is 5.94. The predicted octanol–water partition coefficient (Wildman–Crippen LogP) is 2.67. The summed E-state index contributed by atoms with van der Waals surface area (Å²) in [5, 5.41) is 14.9. The lowest BCUT2D eigenvalue weighted by Gasteiger charge is -2.32. The van der Waals surface area contributed by atoms with Gasteiger partial charge in [-0.2, -0.15) is 4.68 Å². The van der Waals surface area contributed by atoms with E-state index < -0.39 is 10.5 Å². The second-order valence-electron chi connectivity index (χ2n) is 6.57. The van der Waals surface area contributed by atoms with Crippen molar-refractivity contribution in [3.8, 4) is 0 Å². The highest BCUT2D eigenvalue weighted by Crippen LogP contribution is 2.26. The van der Waals surface area contributed by atoms with Gasteiger partial charge in [-0.25, -0.2) is 4.79 Å². The molecule has 1 aliphatic rings. The summed E-state index contributed by atoms with van der Waals surface area (Å²) in [6.45, 7) is 8.31. The van der Waals surface area contributed by atoms with Gasteiger partial charge in [0.15, 0.2) is 0 Å². The quantitative estimate of drug-likeness (QED) is 0.618. The lowest BCUT2D eigenvalue weighted by atomic mass is 10.1. The van der Waals surface area contributed by atoms with Gasteiger partial charge in [-0.15, -0.1) is 0 Å². The van der Waals surface area contributed by atoms with Gasteiger partial charge in [0.2, 0.25) is 0 Å². The van der Waals surface area contributed by atoms with E-state index in [1.165, 1.54) is 0 Å². The molecule has 0 spiro atoms. The van der Waals surface area contributed by atoms with Crippen molar-refractivity contribution >= 4 is 11.9 Å². The number of nitrogens with zero attached hydrogens (tertiary/aromatic N) is 4. The molecule has 0 atom stereocenters. The Balaban J connectivity index is 1.96. The van der Waals surface area contributed by atoms with Crippen LogP contribution in [-0.2, 0) is 4.74 Å². The SMILES string of the molecule is Cc1cn(C2CCN(C(=O)OC(C)(C)C)CC2)nc1[N+](=O)[O-]. The first kappa shape index (κ1) is 16.3. The number of amides is 1. The van der Waals surface area contributed by atoms with E-state index in [2.05, 4.69) is 5.10 Å². The zero-order valence-electron chi connectivity index (χ0n) is 13.4. The predicted molar refractivity (Wildman–Crippen MR) is 79.7 cm³/mol. The third-order valence-electron chi connectivity index (χ3n) is 3.55. The average Bonchev–Trinajstić information content (AvgIpc) is 2.79. The summed E-state index contributed by atoms with van der Waals surface area (Å²) < 4.78 is 7.00. The van der Waals surface area contributed by atoms with Gasteiger partial charge < -0.3 is 19.8 Å². The number of aromatic nitrogens is 2. The third kappa shape index (κ3) is 3.75. The number of aryl methyl sites for hydroxylation is 1. The summed E-state index contributed by atoms with van der Waals surface area (Å²) in [5.41, 5.74) is 0.0488. The second-order valence-corrected chi connectivity index (χ2v) is 6.57. The number of piperidine rings is 1. The molecule has 2 heterocycles. The Morgan fingerprint density at radius 3 is 2.45 bits per heavy atom. The Labute approximate surface area is 129 Å². The van der Waals surface area contributed by atoms with Gasteiger partial charge in [-0.1, -0.05) is 0 Å². The maximum atomic E-state index is 12.0. The topological polar surface area (TPSA) is 90.5 Å². The summed E-state index contributed by atoms with van der Waals surface area (Å²) in [6.07, 6.45) is 2.80. The number of likely N-dealkylation sites (tertiary alicyclic amines) is 1. The molecule has 0 N–H and O–H groups in total. The van der Waals surface area contributed by atoms with E-state index in [9.17, 15) is 14.9 Å². The van der Waals surface area contributed by atoms with E-state index in [1.54, 1.807) is 22.7 Å². The number of carbonyl (C=O) groups is 1. The molecule has 8 nitrogen and oxygen atoms in total. The standard InChI is InChI=1S/C14H22N4O4/c1-10-9-17(15-12(10)18(20)21)11-5-7-16(8-6-11)13(19)22-14(2,3)4/h9,11H,5-8H2,1-4H3. The molecule has 0 unspecified atom stereocenters. The first-order valence-electron chi connectivity index (χ1n) is 7.35. The molecule has 1 amide bonds. The molecule has 0 bridgehead atoms. The van der Waals surface area contributed by atoms with E-state index in [1.807, 2.05) is 20.8 Å².